The summed E-state index contributed by atoms with van der Waals surface area (Å²) < 4.78 is 34.5. The highest BCUT2D eigenvalue weighted by Gasteiger charge is 2.23. The van der Waals surface area contributed by atoms with Crippen LogP contribution in [0, 0.1) is 0 Å². The largest absolute Gasteiger partial charge is 0.490 e. The molecule has 0 bridgehead atoms. The van der Waals surface area contributed by atoms with Gasteiger partial charge in [-0.2, -0.15) is 4.98 Å². The minimum absolute atomic E-state index is 0.0113. The smallest absolute Gasteiger partial charge is 0.276 e. The molecule has 47 heavy (non-hydrogen) atoms. The van der Waals surface area contributed by atoms with Crippen molar-refractivity contribution in [3.8, 4) is 5.75 Å². The van der Waals surface area contributed by atoms with Crippen LogP contribution in [0.1, 0.15) is 18.4 Å². The van der Waals surface area contributed by atoms with E-state index in [1.165, 1.54) is 4.57 Å². The summed E-state index contributed by atoms with van der Waals surface area (Å²) in [5.74, 6) is 1.08. The summed E-state index contributed by atoms with van der Waals surface area (Å²) in [6.07, 6.45) is 7.12. The van der Waals surface area contributed by atoms with Crippen LogP contribution >= 0.6 is 11.3 Å². The van der Waals surface area contributed by atoms with Crippen LogP contribution in [-0.2, 0) is 16.4 Å². The number of nitrogens with one attached hydrogen (secondary N) is 2. The average Bonchev–Trinajstić information content (AvgIpc) is 3.54. The predicted molar refractivity (Wildman–Crippen MR) is 186 cm³/mol. The van der Waals surface area contributed by atoms with Crippen molar-refractivity contribution in [2.45, 2.75) is 29.7 Å². The highest BCUT2D eigenvalue weighted by Crippen LogP contribution is 2.27. The summed E-state index contributed by atoms with van der Waals surface area (Å²) in [6, 6.07) is 14.7. The topological polar surface area (TPSA) is 135 Å². The molecule has 5 aromatic rings. The Morgan fingerprint density at radius 1 is 1.04 bits per heavy atom. The molecule has 246 valence electrons. The van der Waals surface area contributed by atoms with Gasteiger partial charge < -0.3 is 25.2 Å². The van der Waals surface area contributed by atoms with Gasteiger partial charge in [-0.3, -0.25) is 14.3 Å². The van der Waals surface area contributed by atoms with Crippen LogP contribution in [0.4, 0.5) is 23.0 Å². The molecule has 12 nitrogen and oxygen atoms in total. The highest BCUT2D eigenvalue weighted by molar-refractivity contribution is 7.93. The second-order valence-corrected chi connectivity index (χ2v) is 15.1. The van der Waals surface area contributed by atoms with Gasteiger partial charge in [0.25, 0.3) is 5.56 Å². The van der Waals surface area contributed by atoms with Gasteiger partial charge in [-0.25, -0.2) is 13.4 Å². The molecule has 0 saturated carbocycles. The van der Waals surface area contributed by atoms with Gasteiger partial charge in [0.05, 0.1) is 24.2 Å². The lowest BCUT2D eigenvalue weighted by molar-refractivity contribution is 0.114. The van der Waals surface area contributed by atoms with E-state index < -0.39 is 9.84 Å². The van der Waals surface area contributed by atoms with E-state index in [0.717, 1.165) is 48.7 Å². The highest BCUT2D eigenvalue weighted by atomic mass is 32.2. The van der Waals surface area contributed by atoms with E-state index in [9.17, 15) is 13.2 Å². The number of pyridine rings is 2. The van der Waals surface area contributed by atoms with Crippen LogP contribution in [0.15, 0.2) is 81.5 Å². The summed E-state index contributed by atoms with van der Waals surface area (Å²) >= 11 is 1.16. The van der Waals surface area contributed by atoms with Crippen molar-refractivity contribution in [3.63, 3.8) is 0 Å². The molecule has 0 radical (unpaired) electrons. The molecular weight excluding hydrogens is 637 g/mol. The summed E-state index contributed by atoms with van der Waals surface area (Å²) in [5, 5.41) is 8.73. The van der Waals surface area contributed by atoms with E-state index in [0.29, 0.717) is 40.5 Å². The summed E-state index contributed by atoms with van der Waals surface area (Å²) in [6.45, 7) is 2.45. The second-order valence-electron chi connectivity index (χ2n) is 11.9. The maximum Gasteiger partial charge on any atom is 0.276 e. The zero-order chi connectivity index (χ0) is 33.0. The molecule has 0 amide bonds. The van der Waals surface area contributed by atoms with Crippen molar-refractivity contribution >= 4 is 55.2 Å². The molecule has 5 heterocycles. The molecule has 6 rings (SSSR count). The number of benzene rings is 1. The molecular formula is C33H38N8O4S2. The first-order valence-corrected chi connectivity index (χ1v) is 17.9. The fraction of sp³-hybridized carbons (Fsp3) is 0.333. The van der Waals surface area contributed by atoms with E-state index in [1.807, 2.05) is 49.3 Å². The maximum atomic E-state index is 14.0. The van der Waals surface area contributed by atoms with E-state index in [-0.39, 0.29) is 28.2 Å². The third-order valence-electron chi connectivity index (χ3n) is 7.97. The van der Waals surface area contributed by atoms with Gasteiger partial charge in [0.15, 0.2) is 9.84 Å². The first-order valence-electron chi connectivity index (χ1n) is 15.4. The van der Waals surface area contributed by atoms with Crippen LogP contribution in [0.2, 0.25) is 0 Å². The molecule has 4 aromatic heterocycles. The first-order chi connectivity index (χ1) is 22.6. The second kappa shape index (κ2) is 14.2. The summed E-state index contributed by atoms with van der Waals surface area (Å²) in [5.41, 5.74) is 2.24. The van der Waals surface area contributed by atoms with E-state index >= 15 is 0 Å². The van der Waals surface area contributed by atoms with Crippen molar-refractivity contribution in [2.75, 3.05) is 57.2 Å². The fourth-order valence-corrected chi connectivity index (χ4v) is 8.33. The lowest BCUT2D eigenvalue weighted by Crippen LogP contribution is -2.35. The lowest BCUT2D eigenvalue weighted by Gasteiger charge is -2.29. The van der Waals surface area contributed by atoms with Crippen LogP contribution in [-0.4, -0.2) is 90.4 Å². The number of fused-ring (bicyclic) bond motifs is 1. The number of hydrogen-bond acceptors (Lipinski definition) is 12. The Morgan fingerprint density at radius 2 is 1.83 bits per heavy atom. The molecule has 1 aromatic carbocycles. The van der Waals surface area contributed by atoms with Gasteiger partial charge in [0, 0.05) is 48.7 Å². The minimum Gasteiger partial charge on any atom is -0.490 e. The van der Waals surface area contributed by atoms with Crippen molar-refractivity contribution in [1.29, 1.82) is 0 Å². The molecule has 0 unspecified atom stereocenters. The van der Waals surface area contributed by atoms with Crippen molar-refractivity contribution in [1.82, 2.24) is 29.3 Å². The van der Waals surface area contributed by atoms with E-state index in [4.69, 9.17) is 9.72 Å². The van der Waals surface area contributed by atoms with Gasteiger partial charge in [0.1, 0.15) is 27.4 Å². The van der Waals surface area contributed by atoms with Crippen LogP contribution in [0.3, 0.4) is 0 Å². The number of piperidine rings is 1. The zero-order valence-corrected chi connectivity index (χ0v) is 28.2. The predicted octanol–water partition coefficient (Wildman–Crippen LogP) is 4.59. The Kier molecular flexibility index (Phi) is 9.82. The maximum absolute atomic E-state index is 14.0. The Labute approximate surface area is 278 Å². The normalized spacial score (nSPS) is 14.5. The van der Waals surface area contributed by atoms with E-state index in [1.54, 1.807) is 42.2 Å². The SMILES string of the molecule is CN(C)CCS(=O)(=O)c1sccc1Cn1c(=O)c(Nc2cccnc2)cc2cnc(Nc3ccc(OC4CCN(C)CC4)cc3)nc21. The quantitative estimate of drug-likeness (QED) is 0.192. The third-order valence-corrected chi connectivity index (χ3v) is 11.3. The van der Waals surface area contributed by atoms with Gasteiger partial charge in [-0.1, -0.05) is 0 Å². The monoisotopic (exact) mass is 674 g/mol. The van der Waals surface area contributed by atoms with Gasteiger partial charge in [0.2, 0.25) is 5.95 Å². The summed E-state index contributed by atoms with van der Waals surface area (Å²) in [7, 11) is 2.22. The van der Waals surface area contributed by atoms with Gasteiger partial charge >= 0.3 is 0 Å². The molecule has 1 aliphatic heterocycles. The standard InChI is InChI=1S/C33H38N8O4S2/c1-39(2)16-18-47(43,44)32-23(12-17-46-32)22-41-30-24(19-29(31(41)42)36-26-5-4-13-34-21-26)20-35-33(38-30)37-25-6-8-27(9-7-25)45-28-10-14-40(3)15-11-28/h4-9,12-13,17,19-21,28,36H,10-11,14-16,18,22H2,1-3H3,(H,35,37,38). The summed E-state index contributed by atoms with van der Waals surface area (Å²) in [4.78, 5) is 31.6. The average molecular weight is 675 g/mol. The fourth-order valence-electron chi connectivity index (χ4n) is 5.37. The number of nitrogens with zero attached hydrogens (tertiary/aromatic N) is 6. The zero-order valence-electron chi connectivity index (χ0n) is 26.6. The van der Waals surface area contributed by atoms with Crippen molar-refractivity contribution < 1.29 is 13.2 Å². The van der Waals surface area contributed by atoms with Gasteiger partial charge in [-0.05, 0) is 87.9 Å². The number of hydrogen-bond donors (Lipinski definition) is 2. The van der Waals surface area contributed by atoms with Crippen LogP contribution in [0.5, 0.6) is 5.75 Å². The Balaban J connectivity index is 1.31. The number of anilines is 4. The van der Waals surface area contributed by atoms with Gasteiger partial charge in [-0.15, -0.1) is 11.3 Å². The number of aromatic nitrogens is 4. The number of rotatable bonds is 12. The van der Waals surface area contributed by atoms with E-state index in [2.05, 4.69) is 32.5 Å². The molecule has 2 N–H and O–H groups in total. The van der Waals surface area contributed by atoms with Crippen molar-refractivity contribution in [2.24, 2.45) is 0 Å². The Morgan fingerprint density at radius 3 is 2.55 bits per heavy atom. The molecule has 0 atom stereocenters. The molecule has 1 fully saturated rings. The van der Waals surface area contributed by atoms with Crippen LogP contribution < -0.4 is 20.9 Å². The first kappa shape index (κ1) is 32.6. The molecule has 0 spiro atoms. The Hall–Kier alpha value is -4.37. The third kappa shape index (κ3) is 7.96. The number of thiophene rings is 1. The molecule has 1 saturated heterocycles. The minimum atomic E-state index is -3.57. The molecule has 0 aliphatic carbocycles. The molecule has 1 aliphatic rings. The van der Waals surface area contributed by atoms with Crippen molar-refractivity contribution in [3.05, 3.63) is 88.4 Å². The molecule has 14 heteroatoms. The number of ether oxygens (including phenoxy) is 1. The number of likely N-dealkylation sites (tertiary alicyclic amines) is 1. The number of sulfone groups is 1. The lowest BCUT2D eigenvalue weighted by atomic mass is 10.1. The van der Waals surface area contributed by atoms with Crippen LogP contribution in [0.25, 0.3) is 11.0 Å². The Bertz CT molecular complexity index is 1990.